The van der Waals surface area contributed by atoms with Gasteiger partial charge in [-0.05, 0) is 18.6 Å². The number of nitrogens with zero attached hydrogens (tertiary/aromatic N) is 1. The van der Waals surface area contributed by atoms with Crippen molar-refractivity contribution in [3.05, 3.63) is 29.8 Å². The normalized spacial score (nSPS) is 18.0. The number of carbonyl (C=O) groups excluding carboxylic acids is 1. The van der Waals surface area contributed by atoms with E-state index in [1.54, 1.807) is 17.9 Å². The van der Waals surface area contributed by atoms with Crippen LogP contribution in [-0.4, -0.2) is 34.6 Å². The van der Waals surface area contributed by atoms with Gasteiger partial charge in [-0.2, -0.15) is 0 Å². The van der Waals surface area contributed by atoms with E-state index in [9.17, 15) is 9.90 Å². The predicted octanol–water partition coefficient (Wildman–Crippen LogP) is 0.404. The maximum absolute atomic E-state index is 11.8. The van der Waals surface area contributed by atoms with Gasteiger partial charge in [0.2, 0.25) is 5.91 Å². The maximum atomic E-state index is 11.8. The molecule has 1 saturated heterocycles. The zero-order valence-electron chi connectivity index (χ0n) is 9.31. The second kappa shape index (κ2) is 3.79. The molecular formula is C12H16N2O2. The van der Waals surface area contributed by atoms with Gasteiger partial charge < -0.3 is 15.7 Å². The van der Waals surface area contributed by atoms with Crippen LogP contribution >= 0.6 is 0 Å². The molecule has 1 amide bonds. The largest absolute Gasteiger partial charge is 0.398 e. The Hall–Kier alpha value is -1.55. The summed E-state index contributed by atoms with van der Waals surface area (Å²) in [6, 6.07) is 7.35. The summed E-state index contributed by atoms with van der Waals surface area (Å²) in [6.45, 7) is 2.56. The van der Waals surface area contributed by atoms with Crippen molar-refractivity contribution in [1.82, 2.24) is 4.90 Å². The molecule has 0 unspecified atom stereocenters. The molecule has 3 N–H and O–H groups in total. The molecule has 0 radical (unpaired) electrons. The third-order valence-corrected chi connectivity index (χ3v) is 2.81. The van der Waals surface area contributed by atoms with Gasteiger partial charge in [0.05, 0.1) is 25.1 Å². The molecule has 1 heterocycles. The van der Waals surface area contributed by atoms with Crippen LogP contribution in [0.25, 0.3) is 0 Å². The predicted molar refractivity (Wildman–Crippen MR) is 61.8 cm³/mol. The average molecular weight is 220 g/mol. The molecule has 0 saturated carbocycles. The van der Waals surface area contributed by atoms with Crippen molar-refractivity contribution in [3.8, 4) is 0 Å². The number of hydrogen-bond donors (Lipinski definition) is 2. The molecule has 86 valence electrons. The maximum Gasteiger partial charge on any atom is 0.227 e. The summed E-state index contributed by atoms with van der Waals surface area (Å²) in [5.74, 6) is 0.0180. The number of likely N-dealkylation sites (tertiary alicyclic amines) is 1. The number of β-amino-alcohol motifs (C(OH)–C–C–N with tert-alkyl or cyclic N) is 1. The van der Waals surface area contributed by atoms with Crippen molar-refractivity contribution < 1.29 is 9.90 Å². The van der Waals surface area contributed by atoms with Crippen LogP contribution in [0.4, 0.5) is 5.69 Å². The van der Waals surface area contributed by atoms with Crippen LogP contribution in [0.3, 0.4) is 0 Å². The Morgan fingerprint density at radius 3 is 2.69 bits per heavy atom. The standard InChI is InChI=1S/C12H16N2O2/c1-12(16)7-14(8-12)11(15)6-9-4-2-3-5-10(9)13/h2-5,16H,6-8,13H2,1H3. The highest BCUT2D eigenvalue weighted by Crippen LogP contribution is 2.21. The van der Waals surface area contributed by atoms with Crippen LogP contribution in [0.15, 0.2) is 24.3 Å². The monoisotopic (exact) mass is 220 g/mol. The molecule has 1 aromatic rings. The molecule has 0 aromatic heterocycles. The van der Waals surface area contributed by atoms with Crippen molar-refractivity contribution in [2.45, 2.75) is 18.9 Å². The molecule has 1 aliphatic rings. The first-order valence-corrected chi connectivity index (χ1v) is 5.31. The van der Waals surface area contributed by atoms with E-state index in [-0.39, 0.29) is 5.91 Å². The Balaban J connectivity index is 1.96. The number of carbonyl (C=O) groups is 1. The van der Waals surface area contributed by atoms with Gasteiger partial charge in [0, 0.05) is 5.69 Å². The van der Waals surface area contributed by atoms with Gasteiger partial charge in [-0.3, -0.25) is 4.79 Å². The number of rotatable bonds is 2. The summed E-state index contributed by atoms with van der Waals surface area (Å²) in [5, 5.41) is 9.53. The van der Waals surface area contributed by atoms with Crippen molar-refractivity contribution in [2.75, 3.05) is 18.8 Å². The summed E-state index contributed by atoms with van der Waals surface area (Å²) < 4.78 is 0. The second-order valence-electron chi connectivity index (χ2n) is 4.62. The Kier molecular flexibility index (Phi) is 2.59. The van der Waals surface area contributed by atoms with Crippen LogP contribution in [0.5, 0.6) is 0 Å². The van der Waals surface area contributed by atoms with Gasteiger partial charge in [0.15, 0.2) is 0 Å². The van der Waals surface area contributed by atoms with Crippen LogP contribution in [0, 0.1) is 0 Å². The summed E-state index contributed by atoms with van der Waals surface area (Å²) in [4.78, 5) is 13.4. The lowest BCUT2D eigenvalue weighted by molar-refractivity contribution is -0.151. The van der Waals surface area contributed by atoms with Crippen LogP contribution in [0.2, 0.25) is 0 Å². The fourth-order valence-electron chi connectivity index (χ4n) is 1.92. The molecule has 1 aromatic carbocycles. The Morgan fingerprint density at radius 1 is 1.50 bits per heavy atom. The first kappa shape index (κ1) is 11.0. The first-order chi connectivity index (χ1) is 7.48. The van der Waals surface area contributed by atoms with Gasteiger partial charge in [0.1, 0.15) is 0 Å². The van der Waals surface area contributed by atoms with E-state index in [2.05, 4.69) is 0 Å². The number of nitrogen functional groups attached to an aromatic ring is 1. The molecule has 0 aliphatic carbocycles. The Bertz CT molecular complexity index is 407. The molecule has 0 atom stereocenters. The van der Waals surface area contributed by atoms with Gasteiger partial charge in [-0.25, -0.2) is 0 Å². The lowest BCUT2D eigenvalue weighted by atomic mass is 9.96. The van der Waals surface area contributed by atoms with E-state index >= 15 is 0 Å². The lowest BCUT2D eigenvalue weighted by Gasteiger charge is -2.44. The molecule has 0 spiro atoms. The zero-order valence-corrected chi connectivity index (χ0v) is 9.31. The highest BCUT2D eigenvalue weighted by Gasteiger charge is 2.39. The third kappa shape index (κ3) is 2.17. The second-order valence-corrected chi connectivity index (χ2v) is 4.62. The van der Waals surface area contributed by atoms with Gasteiger partial charge in [-0.15, -0.1) is 0 Å². The van der Waals surface area contributed by atoms with Gasteiger partial charge >= 0.3 is 0 Å². The van der Waals surface area contributed by atoms with E-state index < -0.39 is 5.60 Å². The van der Waals surface area contributed by atoms with E-state index in [1.165, 1.54) is 0 Å². The van der Waals surface area contributed by atoms with Gasteiger partial charge in [0.25, 0.3) is 0 Å². The molecule has 4 nitrogen and oxygen atoms in total. The summed E-state index contributed by atoms with van der Waals surface area (Å²) >= 11 is 0. The van der Waals surface area contributed by atoms with Gasteiger partial charge in [-0.1, -0.05) is 18.2 Å². The molecule has 1 aliphatic heterocycles. The Morgan fingerprint density at radius 2 is 2.12 bits per heavy atom. The van der Waals surface area contributed by atoms with E-state index in [0.29, 0.717) is 25.2 Å². The summed E-state index contributed by atoms with van der Waals surface area (Å²) in [7, 11) is 0. The molecule has 16 heavy (non-hydrogen) atoms. The molecule has 2 rings (SSSR count). The molecule has 1 fully saturated rings. The minimum atomic E-state index is -0.710. The van der Waals surface area contributed by atoms with Crippen LogP contribution in [0.1, 0.15) is 12.5 Å². The first-order valence-electron chi connectivity index (χ1n) is 5.31. The quantitative estimate of drug-likeness (QED) is 0.709. The van der Waals surface area contributed by atoms with Crippen molar-refractivity contribution in [3.63, 3.8) is 0 Å². The lowest BCUT2D eigenvalue weighted by Crippen LogP contribution is -2.62. The highest BCUT2D eigenvalue weighted by molar-refractivity contribution is 5.81. The number of amides is 1. The topological polar surface area (TPSA) is 66.6 Å². The smallest absolute Gasteiger partial charge is 0.227 e. The number of anilines is 1. The number of benzene rings is 1. The Labute approximate surface area is 94.7 Å². The average Bonchev–Trinajstić information content (AvgIpc) is 2.17. The number of aliphatic hydroxyl groups is 1. The van der Waals surface area contributed by atoms with E-state index in [1.807, 2.05) is 18.2 Å². The SMILES string of the molecule is CC1(O)CN(C(=O)Cc2ccccc2N)C1. The fraction of sp³-hybridized carbons (Fsp3) is 0.417. The molecule has 0 bridgehead atoms. The zero-order chi connectivity index (χ0) is 11.8. The minimum Gasteiger partial charge on any atom is -0.398 e. The number of nitrogens with two attached hydrogens (primary N) is 1. The number of para-hydroxylation sites is 1. The van der Waals surface area contributed by atoms with E-state index in [0.717, 1.165) is 5.56 Å². The summed E-state index contributed by atoms with van der Waals surface area (Å²) in [6.07, 6.45) is 0.308. The number of hydrogen-bond acceptors (Lipinski definition) is 3. The molecule has 4 heteroatoms. The van der Waals surface area contributed by atoms with Crippen molar-refractivity contribution in [2.24, 2.45) is 0 Å². The third-order valence-electron chi connectivity index (χ3n) is 2.81. The fourth-order valence-corrected chi connectivity index (χ4v) is 1.92. The summed E-state index contributed by atoms with van der Waals surface area (Å²) in [5.41, 5.74) is 6.54. The highest BCUT2D eigenvalue weighted by atomic mass is 16.3. The van der Waals surface area contributed by atoms with Crippen molar-refractivity contribution >= 4 is 11.6 Å². The van der Waals surface area contributed by atoms with E-state index in [4.69, 9.17) is 5.73 Å². The van der Waals surface area contributed by atoms with Crippen molar-refractivity contribution in [1.29, 1.82) is 0 Å². The molecular weight excluding hydrogens is 204 g/mol. The minimum absolute atomic E-state index is 0.0180. The van der Waals surface area contributed by atoms with Crippen LogP contribution in [-0.2, 0) is 11.2 Å². The van der Waals surface area contributed by atoms with Crippen LogP contribution < -0.4 is 5.73 Å².